The number of nitrogens with zero attached hydrogens (tertiary/aromatic N) is 2. The highest BCUT2D eigenvalue weighted by molar-refractivity contribution is 14.1. The van der Waals surface area contributed by atoms with Gasteiger partial charge in [-0.25, -0.2) is 0 Å². The number of nitrogens with one attached hydrogen (secondary N) is 1. The highest BCUT2D eigenvalue weighted by atomic mass is 127. The van der Waals surface area contributed by atoms with Crippen molar-refractivity contribution in [3.05, 3.63) is 27.8 Å². The van der Waals surface area contributed by atoms with Crippen LogP contribution in [0.2, 0.25) is 0 Å². The predicted molar refractivity (Wildman–Crippen MR) is 82.5 cm³/mol. The molecule has 2 aromatic heterocycles. The number of carbonyl (C=O) groups is 1. The van der Waals surface area contributed by atoms with Crippen LogP contribution in [0.5, 0.6) is 0 Å². The van der Waals surface area contributed by atoms with Crippen LogP contribution < -0.4 is 5.32 Å². The minimum atomic E-state index is -0.0999. The molecule has 2 aliphatic heterocycles. The number of carbonyl (C=O) groups excluding carboxylic acids is 1. The summed E-state index contributed by atoms with van der Waals surface area (Å²) in [6.45, 7) is 3.26. The van der Waals surface area contributed by atoms with E-state index in [1.54, 1.807) is 12.3 Å². The van der Waals surface area contributed by atoms with Gasteiger partial charge in [0.25, 0.3) is 5.91 Å². The maximum absolute atomic E-state index is 12.3. The Labute approximate surface area is 129 Å². The summed E-state index contributed by atoms with van der Waals surface area (Å²) in [6, 6.07) is 3.90. The zero-order chi connectivity index (χ0) is 13.7. The van der Waals surface area contributed by atoms with E-state index < -0.39 is 0 Å². The second-order valence-corrected chi connectivity index (χ2v) is 6.61. The van der Waals surface area contributed by atoms with E-state index in [0.29, 0.717) is 17.2 Å². The van der Waals surface area contributed by atoms with Gasteiger partial charge in [-0.2, -0.15) is 0 Å². The van der Waals surface area contributed by atoms with E-state index in [1.807, 2.05) is 6.07 Å². The quantitative estimate of drug-likeness (QED) is 0.805. The van der Waals surface area contributed by atoms with Gasteiger partial charge in [0, 0.05) is 36.8 Å². The van der Waals surface area contributed by atoms with E-state index >= 15 is 0 Å². The minimum Gasteiger partial charge on any atom is -0.450 e. The molecule has 104 valence electrons. The van der Waals surface area contributed by atoms with Crippen molar-refractivity contribution in [3.63, 3.8) is 0 Å². The van der Waals surface area contributed by atoms with Gasteiger partial charge in [0.2, 0.25) is 0 Å². The van der Waals surface area contributed by atoms with Gasteiger partial charge in [-0.05, 0) is 47.5 Å². The lowest BCUT2D eigenvalue weighted by atomic mass is 10.00. The third-order valence-electron chi connectivity index (χ3n) is 4.25. The van der Waals surface area contributed by atoms with Gasteiger partial charge in [0.05, 0.1) is 0 Å². The van der Waals surface area contributed by atoms with Crippen molar-refractivity contribution in [3.8, 4) is 0 Å². The Hall–Kier alpha value is -1.15. The van der Waals surface area contributed by atoms with Crippen molar-refractivity contribution >= 4 is 39.5 Å². The Kier molecular flexibility index (Phi) is 2.95. The van der Waals surface area contributed by atoms with Crippen LogP contribution in [0.25, 0.3) is 11.0 Å². The van der Waals surface area contributed by atoms with Gasteiger partial charge in [-0.1, -0.05) is 0 Å². The van der Waals surface area contributed by atoms with Gasteiger partial charge in [0.1, 0.15) is 11.3 Å². The summed E-state index contributed by atoms with van der Waals surface area (Å²) in [6.07, 6.45) is 2.88. The van der Waals surface area contributed by atoms with Crippen molar-refractivity contribution in [2.75, 3.05) is 19.6 Å². The molecule has 4 rings (SSSR count). The van der Waals surface area contributed by atoms with Crippen molar-refractivity contribution < 1.29 is 9.21 Å². The monoisotopic (exact) mass is 383 g/mol. The second-order valence-electron chi connectivity index (χ2n) is 5.55. The predicted octanol–water partition coefficient (Wildman–Crippen LogP) is 1.87. The van der Waals surface area contributed by atoms with Gasteiger partial charge in [0.15, 0.2) is 3.77 Å². The van der Waals surface area contributed by atoms with Gasteiger partial charge in [-0.3, -0.25) is 9.78 Å². The van der Waals surface area contributed by atoms with Crippen molar-refractivity contribution in [1.82, 2.24) is 15.2 Å². The molecule has 1 N–H and O–H groups in total. The zero-order valence-corrected chi connectivity index (χ0v) is 13.0. The highest BCUT2D eigenvalue weighted by Crippen LogP contribution is 2.28. The number of hydrogen-bond donors (Lipinski definition) is 1. The fourth-order valence-corrected chi connectivity index (χ4v) is 3.79. The summed E-state index contributed by atoms with van der Waals surface area (Å²) in [7, 11) is 0. The molecule has 2 saturated heterocycles. The average Bonchev–Trinajstić information content (AvgIpc) is 3.10. The molecule has 6 heteroatoms. The molecule has 2 aliphatic rings. The summed E-state index contributed by atoms with van der Waals surface area (Å²) < 4.78 is 6.34. The Morgan fingerprint density at radius 3 is 3.10 bits per heavy atom. The van der Waals surface area contributed by atoms with Crippen LogP contribution >= 0.6 is 22.6 Å². The average molecular weight is 383 g/mol. The first kappa shape index (κ1) is 12.6. The van der Waals surface area contributed by atoms with Gasteiger partial charge in [-0.15, -0.1) is 0 Å². The Bertz CT molecular complexity index is 684. The Balaban J connectivity index is 1.54. The Morgan fingerprint density at radius 1 is 1.45 bits per heavy atom. The molecular weight excluding hydrogens is 369 g/mol. The SMILES string of the molecule is O=C(NC1CN2CCC1C2)c1cc2oc(I)cc2cn1. The summed E-state index contributed by atoms with van der Waals surface area (Å²) in [5, 5.41) is 4.04. The maximum Gasteiger partial charge on any atom is 0.270 e. The number of fused-ring (bicyclic) bond motifs is 3. The third kappa shape index (κ3) is 2.10. The molecule has 1 amide bonds. The number of pyridine rings is 1. The third-order valence-corrected chi connectivity index (χ3v) is 4.78. The van der Waals surface area contributed by atoms with E-state index in [9.17, 15) is 4.79 Å². The summed E-state index contributed by atoms with van der Waals surface area (Å²) in [5.74, 6) is 0.504. The van der Waals surface area contributed by atoms with Crippen LogP contribution in [0.15, 0.2) is 22.7 Å². The lowest BCUT2D eigenvalue weighted by Crippen LogP contribution is -2.43. The van der Waals surface area contributed by atoms with Gasteiger partial charge >= 0.3 is 0 Å². The number of halogens is 1. The van der Waals surface area contributed by atoms with Crippen LogP contribution in [-0.2, 0) is 0 Å². The topological polar surface area (TPSA) is 58.4 Å². The zero-order valence-electron chi connectivity index (χ0n) is 10.8. The van der Waals surface area contributed by atoms with Crippen molar-refractivity contribution in [2.45, 2.75) is 12.5 Å². The molecule has 2 fully saturated rings. The number of furan rings is 1. The van der Waals surface area contributed by atoms with Crippen LogP contribution in [0.3, 0.4) is 0 Å². The van der Waals surface area contributed by atoms with Crippen molar-refractivity contribution in [2.24, 2.45) is 5.92 Å². The first-order chi connectivity index (χ1) is 9.69. The smallest absolute Gasteiger partial charge is 0.270 e. The lowest BCUT2D eigenvalue weighted by molar-refractivity contribution is 0.0919. The molecule has 5 nitrogen and oxygen atoms in total. The molecule has 0 saturated carbocycles. The standard InChI is InChI=1S/C14H14IN3O2/c15-13-3-9-5-16-10(4-12(9)20-13)14(19)17-11-7-18-2-1-8(11)6-18/h3-5,8,11H,1-2,6-7H2,(H,17,19). The van der Waals surface area contributed by atoms with Crippen LogP contribution in [0.1, 0.15) is 16.9 Å². The molecule has 3 atom stereocenters. The molecule has 0 aliphatic carbocycles. The Morgan fingerprint density at radius 2 is 2.35 bits per heavy atom. The number of piperidine rings is 1. The number of rotatable bonds is 2. The van der Waals surface area contributed by atoms with E-state index in [2.05, 4.69) is 37.8 Å². The van der Waals surface area contributed by atoms with Crippen LogP contribution in [0.4, 0.5) is 0 Å². The van der Waals surface area contributed by atoms with E-state index in [1.165, 1.54) is 13.0 Å². The molecular formula is C14H14IN3O2. The summed E-state index contributed by atoms with van der Waals surface area (Å²) >= 11 is 2.11. The molecule has 2 aromatic rings. The molecule has 20 heavy (non-hydrogen) atoms. The van der Waals surface area contributed by atoms with E-state index in [4.69, 9.17) is 4.42 Å². The van der Waals surface area contributed by atoms with Crippen LogP contribution in [-0.4, -0.2) is 41.5 Å². The number of hydrogen-bond acceptors (Lipinski definition) is 4. The number of amides is 1. The van der Waals surface area contributed by atoms with E-state index in [-0.39, 0.29) is 11.9 Å². The fraction of sp³-hybridized carbons (Fsp3) is 0.429. The molecule has 3 unspecified atom stereocenters. The molecule has 0 radical (unpaired) electrons. The summed E-state index contributed by atoms with van der Waals surface area (Å²) in [4.78, 5) is 18.9. The fourth-order valence-electron chi connectivity index (χ4n) is 3.22. The molecule has 0 aromatic carbocycles. The number of aromatic nitrogens is 1. The summed E-state index contributed by atoms with van der Waals surface area (Å²) in [5.41, 5.74) is 1.15. The lowest BCUT2D eigenvalue weighted by Gasteiger charge is -2.22. The minimum absolute atomic E-state index is 0.0999. The second kappa shape index (κ2) is 4.70. The first-order valence-electron chi connectivity index (χ1n) is 6.77. The normalized spacial score (nSPS) is 28.1. The van der Waals surface area contributed by atoms with Gasteiger partial charge < -0.3 is 14.6 Å². The van der Waals surface area contributed by atoms with E-state index in [0.717, 1.165) is 22.2 Å². The first-order valence-corrected chi connectivity index (χ1v) is 7.85. The molecule has 2 bridgehead atoms. The van der Waals surface area contributed by atoms with Crippen LogP contribution in [0, 0.1) is 9.68 Å². The molecule has 4 heterocycles. The maximum atomic E-state index is 12.3. The largest absolute Gasteiger partial charge is 0.450 e. The highest BCUT2D eigenvalue weighted by Gasteiger charge is 2.38. The molecule has 0 spiro atoms. The van der Waals surface area contributed by atoms with Crippen molar-refractivity contribution in [1.29, 1.82) is 0 Å².